The lowest BCUT2D eigenvalue weighted by Gasteiger charge is -2.36. The minimum absolute atomic E-state index is 0.480. The molecule has 1 fully saturated rings. The quantitative estimate of drug-likeness (QED) is 0.655. The molecule has 1 aliphatic carbocycles. The summed E-state index contributed by atoms with van der Waals surface area (Å²) in [4.78, 5) is 2.56. The van der Waals surface area contributed by atoms with Crippen LogP contribution < -0.4 is 0 Å². The minimum Gasteiger partial charge on any atom is -0.381 e. The average molecular weight is 234 g/mol. The van der Waals surface area contributed by atoms with Gasteiger partial charge in [-0.25, -0.2) is 0 Å². The molecule has 2 unspecified atom stereocenters. The smallest absolute Gasteiger partial charge is 0.0586 e. The van der Waals surface area contributed by atoms with E-state index in [9.17, 15) is 0 Å². The van der Waals surface area contributed by atoms with Gasteiger partial charge in [0.25, 0.3) is 0 Å². The first kappa shape index (κ1) is 13.3. The Morgan fingerprint density at radius 1 is 1.40 bits per heavy atom. The van der Waals surface area contributed by atoms with Crippen LogP contribution in [0.4, 0.5) is 0 Å². The van der Waals surface area contributed by atoms with E-state index in [1.54, 1.807) is 0 Å². The Labute approximate surface area is 98.9 Å². The van der Waals surface area contributed by atoms with Crippen molar-refractivity contribution >= 4 is 11.6 Å². The van der Waals surface area contributed by atoms with Crippen LogP contribution in [-0.2, 0) is 4.74 Å². The van der Waals surface area contributed by atoms with Crippen molar-refractivity contribution in [2.75, 3.05) is 26.1 Å². The zero-order valence-electron chi connectivity index (χ0n) is 10.0. The molecule has 0 heterocycles. The van der Waals surface area contributed by atoms with Crippen LogP contribution in [-0.4, -0.2) is 43.1 Å². The summed E-state index contributed by atoms with van der Waals surface area (Å²) in [5.74, 6) is 0.775. The number of hydrogen-bond donors (Lipinski definition) is 0. The number of nitrogens with zero attached hydrogens (tertiary/aromatic N) is 1. The van der Waals surface area contributed by atoms with Gasteiger partial charge >= 0.3 is 0 Å². The Morgan fingerprint density at radius 3 is 2.80 bits per heavy atom. The van der Waals surface area contributed by atoms with Gasteiger partial charge in [0.1, 0.15) is 0 Å². The first-order valence-corrected chi connectivity index (χ1v) is 6.68. The summed E-state index contributed by atoms with van der Waals surface area (Å²) in [6, 6.07) is 0.719. The van der Waals surface area contributed by atoms with Gasteiger partial charge in [-0.05, 0) is 45.2 Å². The maximum atomic E-state index is 5.75. The minimum atomic E-state index is 0.480. The molecular formula is C12H24ClNO. The monoisotopic (exact) mass is 233 g/mol. The predicted molar refractivity (Wildman–Crippen MR) is 65.6 cm³/mol. The van der Waals surface area contributed by atoms with Gasteiger partial charge in [0.2, 0.25) is 0 Å². The molecule has 0 bridgehead atoms. The van der Waals surface area contributed by atoms with Crippen molar-refractivity contribution in [2.45, 2.75) is 51.2 Å². The molecule has 0 amide bonds. The first-order chi connectivity index (χ1) is 7.31. The molecular weight excluding hydrogens is 210 g/mol. The maximum absolute atomic E-state index is 5.75. The number of halogens is 1. The lowest BCUT2D eigenvalue weighted by atomic mass is 9.91. The molecule has 2 nitrogen and oxygen atoms in total. The van der Waals surface area contributed by atoms with Gasteiger partial charge in [0.15, 0.2) is 0 Å². The second-order valence-corrected chi connectivity index (χ2v) is 4.73. The zero-order chi connectivity index (χ0) is 11.1. The highest BCUT2D eigenvalue weighted by molar-refractivity contribution is 6.17. The second-order valence-electron chi connectivity index (χ2n) is 4.35. The zero-order valence-corrected chi connectivity index (χ0v) is 10.8. The Balaban J connectivity index is 2.37. The fraction of sp³-hybridized carbons (Fsp3) is 1.00. The fourth-order valence-electron chi connectivity index (χ4n) is 2.53. The molecule has 0 aliphatic heterocycles. The molecule has 15 heavy (non-hydrogen) atoms. The second kappa shape index (κ2) is 7.48. The van der Waals surface area contributed by atoms with Crippen molar-refractivity contribution < 1.29 is 4.74 Å². The molecule has 0 saturated heterocycles. The highest BCUT2D eigenvalue weighted by Gasteiger charge is 2.25. The molecule has 0 aromatic heterocycles. The molecule has 2 atom stereocenters. The van der Waals surface area contributed by atoms with Crippen LogP contribution in [0.5, 0.6) is 0 Å². The highest BCUT2D eigenvalue weighted by Crippen LogP contribution is 2.24. The molecule has 0 aromatic carbocycles. The van der Waals surface area contributed by atoms with E-state index in [0.29, 0.717) is 6.10 Å². The topological polar surface area (TPSA) is 12.5 Å². The molecule has 0 N–H and O–H groups in total. The summed E-state index contributed by atoms with van der Waals surface area (Å²) in [6.07, 6.45) is 6.65. The van der Waals surface area contributed by atoms with Gasteiger partial charge in [-0.1, -0.05) is 6.92 Å². The number of ether oxygens (including phenoxy) is 1. The van der Waals surface area contributed by atoms with Crippen molar-refractivity contribution in [2.24, 2.45) is 0 Å². The SMILES string of the molecule is CCN(CCCCl)C1CCCC(OC)C1. The van der Waals surface area contributed by atoms with E-state index in [0.717, 1.165) is 31.4 Å². The van der Waals surface area contributed by atoms with E-state index in [1.165, 1.54) is 25.7 Å². The van der Waals surface area contributed by atoms with Crippen molar-refractivity contribution in [3.05, 3.63) is 0 Å². The molecule has 1 aliphatic rings. The van der Waals surface area contributed by atoms with Crippen LogP contribution in [0.3, 0.4) is 0 Å². The Bertz CT molecular complexity index is 166. The van der Waals surface area contributed by atoms with Gasteiger partial charge < -0.3 is 9.64 Å². The number of hydrogen-bond acceptors (Lipinski definition) is 2. The van der Waals surface area contributed by atoms with Crippen molar-refractivity contribution in [1.82, 2.24) is 4.90 Å². The third-order valence-electron chi connectivity index (χ3n) is 3.43. The van der Waals surface area contributed by atoms with E-state index < -0.39 is 0 Å². The normalized spacial score (nSPS) is 27.2. The Hall–Kier alpha value is 0.210. The van der Waals surface area contributed by atoms with E-state index in [2.05, 4.69) is 11.8 Å². The summed E-state index contributed by atoms with van der Waals surface area (Å²) in [5.41, 5.74) is 0. The van der Waals surface area contributed by atoms with Gasteiger partial charge in [-0.15, -0.1) is 11.6 Å². The standard InChI is InChI=1S/C12H24ClNO/c1-3-14(9-5-8-13)11-6-4-7-12(10-11)15-2/h11-12H,3-10H2,1-2H3. The van der Waals surface area contributed by atoms with E-state index in [1.807, 2.05) is 7.11 Å². The number of methoxy groups -OCH3 is 1. The van der Waals surface area contributed by atoms with Crippen LogP contribution >= 0.6 is 11.6 Å². The summed E-state index contributed by atoms with van der Waals surface area (Å²) in [5, 5.41) is 0. The summed E-state index contributed by atoms with van der Waals surface area (Å²) in [7, 11) is 1.84. The van der Waals surface area contributed by atoms with Gasteiger partial charge in [-0.2, -0.15) is 0 Å². The third-order valence-corrected chi connectivity index (χ3v) is 3.70. The predicted octanol–water partition coefficient (Wildman–Crippen LogP) is 2.89. The fourth-order valence-corrected chi connectivity index (χ4v) is 2.65. The average Bonchev–Trinajstić information content (AvgIpc) is 2.30. The van der Waals surface area contributed by atoms with Crippen molar-refractivity contribution in [1.29, 1.82) is 0 Å². The van der Waals surface area contributed by atoms with Crippen molar-refractivity contribution in [3.8, 4) is 0 Å². The van der Waals surface area contributed by atoms with Gasteiger partial charge in [-0.3, -0.25) is 0 Å². The van der Waals surface area contributed by atoms with Crippen LogP contribution in [0, 0.1) is 0 Å². The molecule has 0 spiro atoms. The lowest BCUT2D eigenvalue weighted by Crippen LogP contribution is -2.41. The van der Waals surface area contributed by atoms with Gasteiger partial charge in [0.05, 0.1) is 6.10 Å². The van der Waals surface area contributed by atoms with Crippen LogP contribution in [0.1, 0.15) is 39.0 Å². The van der Waals surface area contributed by atoms with E-state index in [4.69, 9.17) is 16.3 Å². The molecule has 0 aromatic rings. The van der Waals surface area contributed by atoms with Crippen molar-refractivity contribution in [3.63, 3.8) is 0 Å². The number of rotatable bonds is 6. The summed E-state index contributed by atoms with van der Waals surface area (Å²) < 4.78 is 5.47. The Morgan fingerprint density at radius 2 is 2.20 bits per heavy atom. The summed E-state index contributed by atoms with van der Waals surface area (Å²) in [6.45, 7) is 4.52. The first-order valence-electron chi connectivity index (χ1n) is 6.14. The molecule has 3 heteroatoms. The largest absolute Gasteiger partial charge is 0.381 e. The van der Waals surface area contributed by atoms with Crippen LogP contribution in [0.15, 0.2) is 0 Å². The highest BCUT2D eigenvalue weighted by atomic mass is 35.5. The number of alkyl halides is 1. The summed E-state index contributed by atoms with van der Waals surface area (Å²) >= 11 is 5.75. The van der Waals surface area contributed by atoms with Gasteiger partial charge in [0, 0.05) is 19.0 Å². The molecule has 1 rings (SSSR count). The molecule has 1 saturated carbocycles. The van der Waals surface area contributed by atoms with E-state index >= 15 is 0 Å². The van der Waals surface area contributed by atoms with E-state index in [-0.39, 0.29) is 0 Å². The van der Waals surface area contributed by atoms with Crippen LogP contribution in [0.2, 0.25) is 0 Å². The Kier molecular flexibility index (Phi) is 6.62. The maximum Gasteiger partial charge on any atom is 0.0586 e. The van der Waals surface area contributed by atoms with Crippen LogP contribution in [0.25, 0.3) is 0 Å². The molecule has 90 valence electrons. The lowest BCUT2D eigenvalue weighted by molar-refractivity contribution is 0.0293. The third kappa shape index (κ3) is 4.29. The molecule has 0 radical (unpaired) electrons.